The summed E-state index contributed by atoms with van der Waals surface area (Å²) in [6.45, 7) is 10.2. The van der Waals surface area contributed by atoms with Crippen molar-refractivity contribution in [2.75, 3.05) is 10.6 Å². The Morgan fingerprint density at radius 3 is 1.87 bits per heavy atom. The zero-order valence-corrected chi connectivity index (χ0v) is 14.3. The van der Waals surface area contributed by atoms with Gasteiger partial charge in [-0.3, -0.25) is 4.79 Å². The van der Waals surface area contributed by atoms with Gasteiger partial charge in [-0.1, -0.05) is 45.9 Å². The van der Waals surface area contributed by atoms with Crippen LogP contribution in [0.2, 0.25) is 0 Å². The van der Waals surface area contributed by atoms with Crippen LogP contribution in [-0.4, -0.2) is 16.1 Å². The average Bonchev–Trinajstić information content (AvgIpc) is 2.48. The predicted molar refractivity (Wildman–Crippen MR) is 94.2 cm³/mol. The summed E-state index contributed by atoms with van der Waals surface area (Å²) < 4.78 is 0. The lowest BCUT2D eigenvalue weighted by molar-refractivity contribution is -0.114. The summed E-state index contributed by atoms with van der Waals surface area (Å²) in [5, 5.41) is 14.2. The number of hydrogen-bond acceptors (Lipinski definition) is 4. The Hall–Kier alpha value is -2.43. The third-order valence-electron chi connectivity index (χ3n) is 3.59. The molecule has 0 fully saturated rings. The van der Waals surface area contributed by atoms with Crippen LogP contribution in [0.1, 0.15) is 57.6 Å². The van der Waals surface area contributed by atoms with E-state index in [1.54, 1.807) is 6.07 Å². The first kappa shape index (κ1) is 16.9. The minimum absolute atomic E-state index is 0.160. The Labute approximate surface area is 137 Å². The number of hydrogen-bond donors (Lipinski definition) is 2. The zero-order valence-electron chi connectivity index (χ0n) is 14.3. The van der Waals surface area contributed by atoms with Gasteiger partial charge in [-0.05, 0) is 35.1 Å². The molecule has 1 heterocycles. The van der Waals surface area contributed by atoms with Gasteiger partial charge >= 0.3 is 0 Å². The van der Waals surface area contributed by atoms with Crippen molar-refractivity contribution in [1.29, 1.82) is 0 Å². The molecule has 0 unspecified atom stereocenters. The summed E-state index contributed by atoms with van der Waals surface area (Å²) in [5.74, 6) is 1.76. The van der Waals surface area contributed by atoms with Crippen LogP contribution in [0.4, 0.5) is 17.3 Å². The molecule has 0 radical (unpaired) electrons. The van der Waals surface area contributed by atoms with Crippen LogP contribution >= 0.6 is 0 Å². The lowest BCUT2D eigenvalue weighted by Crippen LogP contribution is -2.09. The van der Waals surface area contributed by atoms with Crippen LogP contribution in [-0.2, 0) is 4.79 Å². The van der Waals surface area contributed by atoms with Crippen molar-refractivity contribution < 1.29 is 4.79 Å². The van der Waals surface area contributed by atoms with Crippen molar-refractivity contribution in [2.24, 2.45) is 0 Å². The molecule has 23 heavy (non-hydrogen) atoms. The van der Waals surface area contributed by atoms with Gasteiger partial charge in [0.05, 0.1) is 0 Å². The Kier molecular flexibility index (Phi) is 5.32. The molecular formula is C18H24N4O. The van der Waals surface area contributed by atoms with Gasteiger partial charge in [0.2, 0.25) is 5.91 Å². The SMILES string of the molecule is CC(=O)Nc1ccc(Nc2c(C(C)C)cccc2C(C)C)nn1. The van der Waals surface area contributed by atoms with E-state index in [4.69, 9.17) is 0 Å². The van der Waals surface area contributed by atoms with Crippen molar-refractivity contribution in [1.82, 2.24) is 10.2 Å². The molecule has 5 nitrogen and oxygen atoms in total. The van der Waals surface area contributed by atoms with Gasteiger partial charge in [0, 0.05) is 12.6 Å². The van der Waals surface area contributed by atoms with E-state index in [0.29, 0.717) is 23.5 Å². The number of rotatable bonds is 5. The molecule has 0 aliphatic carbocycles. The third-order valence-corrected chi connectivity index (χ3v) is 3.59. The summed E-state index contributed by atoms with van der Waals surface area (Å²) in [6.07, 6.45) is 0. The number of aromatic nitrogens is 2. The molecule has 1 aromatic carbocycles. The second kappa shape index (κ2) is 7.22. The fourth-order valence-electron chi connectivity index (χ4n) is 2.47. The van der Waals surface area contributed by atoms with Gasteiger partial charge in [0.1, 0.15) is 0 Å². The molecule has 0 aliphatic heterocycles. The maximum absolute atomic E-state index is 11.0. The molecule has 2 aromatic rings. The standard InChI is InChI=1S/C18H24N4O/c1-11(2)14-7-6-8-15(12(3)4)18(14)20-17-10-9-16(21-22-17)19-13(5)23/h6-12H,1-5H3,(H,20,22)(H,19,21,23). The van der Waals surface area contributed by atoms with Gasteiger partial charge in [0.15, 0.2) is 11.6 Å². The maximum Gasteiger partial charge on any atom is 0.222 e. The Morgan fingerprint density at radius 2 is 1.43 bits per heavy atom. The second-order valence-electron chi connectivity index (χ2n) is 6.23. The number of amides is 1. The summed E-state index contributed by atoms with van der Waals surface area (Å²) in [5.41, 5.74) is 3.60. The molecule has 0 aliphatic rings. The van der Waals surface area contributed by atoms with E-state index in [1.165, 1.54) is 18.1 Å². The summed E-state index contributed by atoms with van der Waals surface area (Å²) in [4.78, 5) is 11.0. The molecule has 1 amide bonds. The predicted octanol–water partition coefficient (Wildman–Crippen LogP) is 4.43. The zero-order chi connectivity index (χ0) is 17.0. The summed E-state index contributed by atoms with van der Waals surface area (Å²) in [7, 11) is 0. The lowest BCUT2D eigenvalue weighted by Gasteiger charge is -2.20. The monoisotopic (exact) mass is 312 g/mol. The number of anilines is 3. The highest BCUT2D eigenvalue weighted by Crippen LogP contribution is 2.34. The number of carbonyl (C=O) groups excluding carboxylic acids is 1. The Morgan fingerprint density at radius 1 is 0.913 bits per heavy atom. The molecule has 5 heteroatoms. The van der Waals surface area contributed by atoms with E-state index < -0.39 is 0 Å². The topological polar surface area (TPSA) is 66.9 Å². The van der Waals surface area contributed by atoms with Crippen LogP contribution in [0.5, 0.6) is 0 Å². The van der Waals surface area contributed by atoms with Crippen LogP contribution in [0, 0.1) is 0 Å². The molecule has 0 saturated heterocycles. The van der Waals surface area contributed by atoms with Gasteiger partial charge in [0.25, 0.3) is 0 Å². The van der Waals surface area contributed by atoms with Crippen LogP contribution in [0.15, 0.2) is 30.3 Å². The first-order valence-corrected chi connectivity index (χ1v) is 7.89. The molecule has 0 saturated carbocycles. The van der Waals surface area contributed by atoms with Crippen LogP contribution in [0.25, 0.3) is 0 Å². The third kappa shape index (κ3) is 4.28. The molecule has 2 rings (SSSR count). The highest BCUT2D eigenvalue weighted by Gasteiger charge is 2.14. The lowest BCUT2D eigenvalue weighted by atomic mass is 9.92. The van der Waals surface area contributed by atoms with Crippen LogP contribution in [0.3, 0.4) is 0 Å². The molecule has 0 bridgehead atoms. The first-order chi connectivity index (χ1) is 10.9. The van der Waals surface area contributed by atoms with Crippen molar-refractivity contribution in [3.63, 3.8) is 0 Å². The van der Waals surface area contributed by atoms with E-state index in [2.05, 4.69) is 66.7 Å². The number of nitrogens with one attached hydrogen (secondary N) is 2. The maximum atomic E-state index is 11.0. The Balaban J connectivity index is 2.33. The highest BCUT2D eigenvalue weighted by atomic mass is 16.1. The quantitative estimate of drug-likeness (QED) is 0.857. The van der Waals surface area contributed by atoms with Crippen molar-refractivity contribution in [2.45, 2.75) is 46.5 Å². The Bertz CT molecular complexity index is 652. The molecule has 122 valence electrons. The van der Waals surface area contributed by atoms with Gasteiger partial charge in [-0.15, -0.1) is 10.2 Å². The van der Waals surface area contributed by atoms with E-state index in [0.717, 1.165) is 5.69 Å². The molecular weight excluding hydrogens is 288 g/mol. The number of benzene rings is 1. The van der Waals surface area contributed by atoms with E-state index in [-0.39, 0.29) is 5.91 Å². The van der Waals surface area contributed by atoms with E-state index in [9.17, 15) is 4.79 Å². The van der Waals surface area contributed by atoms with Gasteiger partial charge < -0.3 is 10.6 Å². The minimum atomic E-state index is -0.160. The van der Waals surface area contributed by atoms with Crippen molar-refractivity contribution >= 4 is 23.2 Å². The normalized spacial score (nSPS) is 10.9. The molecule has 0 spiro atoms. The largest absolute Gasteiger partial charge is 0.338 e. The average molecular weight is 312 g/mol. The fraction of sp³-hybridized carbons (Fsp3) is 0.389. The van der Waals surface area contributed by atoms with Crippen LogP contribution < -0.4 is 10.6 Å². The number of carbonyl (C=O) groups is 1. The van der Waals surface area contributed by atoms with E-state index in [1.807, 2.05) is 6.07 Å². The minimum Gasteiger partial charge on any atom is -0.338 e. The van der Waals surface area contributed by atoms with Crippen molar-refractivity contribution in [3.8, 4) is 0 Å². The summed E-state index contributed by atoms with van der Waals surface area (Å²) >= 11 is 0. The molecule has 0 atom stereocenters. The molecule has 2 N–H and O–H groups in total. The fourth-order valence-corrected chi connectivity index (χ4v) is 2.47. The first-order valence-electron chi connectivity index (χ1n) is 7.89. The smallest absolute Gasteiger partial charge is 0.222 e. The van der Waals surface area contributed by atoms with Gasteiger partial charge in [-0.25, -0.2) is 0 Å². The second-order valence-corrected chi connectivity index (χ2v) is 6.23. The number of para-hydroxylation sites is 1. The number of nitrogens with zero attached hydrogens (tertiary/aromatic N) is 2. The molecule has 1 aromatic heterocycles. The highest BCUT2D eigenvalue weighted by molar-refractivity contribution is 5.87. The van der Waals surface area contributed by atoms with Crippen molar-refractivity contribution in [3.05, 3.63) is 41.5 Å². The summed E-state index contributed by atoms with van der Waals surface area (Å²) in [6, 6.07) is 9.93. The van der Waals surface area contributed by atoms with E-state index >= 15 is 0 Å². The van der Waals surface area contributed by atoms with Gasteiger partial charge in [-0.2, -0.15) is 0 Å².